The lowest BCUT2D eigenvalue weighted by molar-refractivity contribution is -0.384. The van der Waals surface area contributed by atoms with Crippen LogP contribution in [0, 0.1) is 10.1 Å². The van der Waals surface area contributed by atoms with Gasteiger partial charge in [0.2, 0.25) is 0 Å². The minimum atomic E-state index is -0.559. The van der Waals surface area contributed by atoms with Crippen LogP contribution in [0.5, 0.6) is 0 Å². The topological polar surface area (TPSA) is 82.3 Å². The molecule has 0 aliphatic carbocycles. The monoisotopic (exact) mass is 264 g/mol. The SMILES string of the molecule is COC(=O)c1csc(-c2ccccc2[N+](=O)[O-])n1. The smallest absolute Gasteiger partial charge is 0.357 e. The second kappa shape index (κ2) is 4.92. The maximum atomic E-state index is 11.3. The Morgan fingerprint density at radius 3 is 2.83 bits per heavy atom. The molecule has 0 N–H and O–H groups in total. The summed E-state index contributed by atoms with van der Waals surface area (Å²) < 4.78 is 4.53. The first kappa shape index (κ1) is 12.2. The molecule has 0 atom stereocenters. The number of para-hydroxylation sites is 1. The highest BCUT2D eigenvalue weighted by atomic mass is 32.1. The number of ether oxygens (including phenoxy) is 1. The van der Waals surface area contributed by atoms with Crippen molar-refractivity contribution in [3.05, 3.63) is 45.5 Å². The molecule has 2 aromatic rings. The van der Waals surface area contributed by atoms with E-state index in [1.165, 1.54) is 18.6 Å². The quantitative estimate of drug-likeness (QED) is 0.483. The summed E-state index contributed by atoms with van der Waals surface area (Å²) >= 11 is 1.16. The number of nitro benzene ring substituents is 1. The predicted octanol–water partition coefficient (Wildman–Crippen LogP) is 2.50. The lowest BCUT2D eigenvalue weighted by Crippen LogP contribution is -2.01. The van der Waals surface area contributed by atoms with Crippen molar-refractivity contribution >= 4 is 23.0 Å². The molecular weight excluding hydrogens is 256 g/mol. The van der Waals surface area contributed by atoms with E-state index in [4.69, 9.17) is 0 Å². The Hall–Kier alpha value is -2.28. The summed E-state index contributed by atoms with van der Waals surface area (Å²) in [5.74, 6) is -0.559. The van der Waals surface area contributed by atoms with E-state index < -0.39 is 10.9 Å². The molecule has 0 amide bonds. The molecule has 0 fully saturated rings. The third-order valence-corrected chi connectivity index (χ3v) is 3.11. The molecule has 18 heavy (non-hydrogen) atoms. The van der Waals surface area contributed by atoms with Crippen LogP contribution in [0.2, 0.25) is 0 Å². The number of hydrogen-bond acceptors (Lipinski definition) is 6. The van der Waals surface area contributed by atoms with Crippen LogP contribution in [0.15, 0.2) is 29.6 Å². The van der Waals surface area contributed by atoms with Crippen molar-refractivity contribution in [2.45, 2.75) is 0 Å². The largest absolute Gasteiger partial charge is 0.464 e. The summed E-state index contributed by atoms with van der Waals surface area (Å²) in [7, 11) is 1.26. The first-order chi connectivity index (χ1) is 8.63. The Labute approximate surface area is 106 Å². The van der Waals surface area contributed by atoms with Crippen LogP contribution in [0.4, 0.5) is 5.69 Å². The van der Waals surface area contributed by atoms with E-state index in [0.717, 1.165) is 11.3 Å². The summed E-state index contributed by atoms with van der Waals surface area (Å²) in [6.07, 6.45) is 0. The highest BCUT2D eigenvalue weighted by molar-refractivity contribution is 7.13. The van der Waals surface area contributed by atoms with Gasteiger partial charge in [-0.25, -0.2) is 9.78 Å². The van der Waals surface area contributed by atoms with Crippen LogP contribution in [0.25, 0.3) is 10.6 Å². The van der Waals surface area contributed by atoms with Crippen LogP contribution >= 0.6 is 11.3 Å². The number of thiazole rings is 1. The van der Waals surface area contributed by atoms with Crippen LogP contribution in [0.1, 0.15) is 10.5 Å². The number of esters is 1. The normalized spacial score (nSPS) is 10.1. The van der Waals surface area contributed by atoms with Crippen molar-refractivity contribution in [2.75, 3.05) is 7.11 Å². The molecule has 2 rings (SSSR count). The summed E-state index contributed by atoms with van der Waals surface area (Å²) in [6, 6.07) is 6.25. The molecule has 0 aliphatic rings. The molecule has 1 aromatic carbocycles. The van der Waals surface area contributed by atoms with Gasteiger partial charge in [-0.15, -0.1) is 11.3 Å². The Balaban J connectivity index is 2.46. The highest BCUT2D eigenvalue weighted by Gasteiger charge is 2.19. The van der Waals surface area contributed by atoms with Gasteiger partial charge in [-0.3, -0.25) is 10.1 Å². The molecule has 0 bridgehead atoms. The van der Waals surface area contributed by atoms with Gasteiger partial charge in [-0.1, -0.05) is 12.1 Å². The van der Waals surface area contributed by atoms with Crippen LogP contribution in [-0.4, -0.2) is 23.0 Å². The van der Waals surface area contributed by atoms with E-state index >= 15 is 0 Å². The standard InChI is InChI=1S/C11H8N2O4S/c1-17-11(14)8-6-18-10(12-8)7-4-2-3-5-9(7)13(15)16/h2-6H,1H3. The molecule has 1 heterocycles. The van der Waals surface area contributed by atoms with Gasteiger partial charge in [0.15, 0.2) is 5.69 Å². The fourth-order valence-electron chi connectivity index (χ4n) is 1.41. The van der Waals surface area contributed by atoms with Gasteiger partial charge >= 0.3 is 5.97 Å². The van der Waals surface area contributed by atoms with Gasteiger partial charge in [0, 0.05) is 11.4 Å². The first-order valence-electron chi connectivity index (χ1n) is 4.91. The summed E-state index contributed by atoms with van der Waals surface area (Å²) in [5, 5.41) is 12.8. The zero-order valence-electron chi connectivity index (χ0n) is 9.32. The lowest BCUT2D eigenvalue weighted by atomic mass is 10.2. The number of nitrogens with zero attached hydrogens (tertiary/aromatic N) is 2. The molecule has 0 aliphatic heterocycles. The second-order valence-electron chi connectivity index (χ2n) is 3.30. The number of carbonyl (C=O) groups is 1. The third kappa shape index (κ3) is 2.21. The second-order valence-corrected chi connectivity index (χ2v) is 4.16. The summed E-state index contributed by atoms with van der Waals surface area (Å²) in [4.78, 5) is 25.7. The van der Waals surface area contributed by atoms with Gasteiger partial charge in [0.25, 0.3) is 5.69 Å². The minimum Gasteiger partial charge on any atom is -0.464 e. The van der Waals surface area contributed by atoms with Crippen LogP contribution in [0.3, 0.4) is 0 Å². The number of carbonyl (C=O) groups excluding carboxylic acids is 1. The Morgan fingerprint density at radius 1 is 1.44 bits per heavy atom. The highest BCUT2D eigenvalue weighted by Crippen LogP contribution is 2.31. The minimum absolute atomic E-state index is 0.0386. The fraction of sp³-hybridized carbons (Fsp3) is 0.0909. The van der Waals surface area contributed by atoms with Crippen molar-refractivity contribution in [2.24, 2.45) is 0 Å². The average molecular weight is 264 g/mol. The molecule has 0 saturated carbocycles. The van der Waals surface area contributed by atoms with Gasteiger partial charge in [0.05, 0.1) is 17.6 Å². The van der Waals surface area contributed by atoms with Crippen LogP contribution < -0.4 is 0 Å². The Kier molecular flexibility index (Phi) is 3.33. The van der Waals surface area contributed by atoms with Crippen LogP contribution in [-0.2, 0) is 4.74 Å². The predicted molar refractivity (Wildman–Crippen MR) is 65.5 cm³/mol. The Morgan fingerprint density at radius 2 is 2.17 bits per heavy atom. The third-order valence-electron chi connectivity index (χ3n) is 2.23. The van der Waals surface area contributed by atoms with Gasteiger partial charge < -0.3 is 4.74 Å². The Bertz CT molecular complexity index is 609. The van der Waals surface area contributed by atoms with E-state index in [1.807, 2.05) is 0 Å². The van der Waals surface area contributed by atoms with E-state index in [2.05, 4.69) is 9.72 Å². The number of benzene rings is 1. The average Bonchev–Trinajstić information content (AvgIpc) is 2.87. The molecule has 92 valence electrons. The molecule has 0 radical (unpaired) electrons. The first-order valence-corrected chi connectivity index (χ1v) is 5.79. The van der Waals surface area contributed by atoms with Gasteiger partial charge in [-0.2, -0.15) is 0 Å². The molecule has 6 nitrogen and oxygen atoms in total. The maximum absolute atomic E-state index is 11.3. The van der Waals surface area contributed by atoms with E-state index in [-0.39, 0.29) is 11.4 Å². The maximum Gasteiger partial charge on any atom is 0.357 e. The van der Waals surface area contributed by atoms with E-state index in [0.29, 0.717) is 10.6 Å². The van der Waals surface area contributed by atoms with Gasteiger partial charge in [-0.05, 0) is 6.07 Å². The van der Waals surface area contributed by atoms with Crippen molar-refractivity contribution < 1.29 is 14.5 Å². The fourth-order valence-corrected chi connectivity index (χ4v) is 2.23. The number of hydrogen-bond donors (Lipinski definition) is 0. The zero-order chi connectivity index (χ0) is 13.1. The van der Waals surface area contributed by atoms with Crippen molar-refractivity contribution in [1.29, 1.82) is 0 Å². The molecular formula is C11H8N2O4S. The number of aromatic nitrogens is 1. The lowest BCUT2D eigenvalue weighted by Gasteiger charge is -1.98. The van der Waals surface area contributed by atoms with Crippen molar-refractivity contribution in [1.82, 2.24) is 4.98 Å². The number of rotatable bonds is 3. The zero-order valence-corrected chi connectivity index (χ0v) is 10.1. The van der Waals surface area contributed by atoms with Crippen molar-refractivity contribution in [3.63, 3.8) is 0 Å². The molecule has 0 unspecified atom stereocenters. The number of nitro groups is 1. The molecule has 0 saturated heterocycles. The van der Waals surface area contributed by atoms with Gasteiger partial charge in [0.1, 0.15) is 5.01 Å². The van der Waals surface area contributed by atoms with E-state index in [9.17, 15) is 14.9 Å². The summed E-state index contributed by atoms with van der Waals surface area (Å²) in [6.45, 7) is 0. The van der Waals surface area contributed by atoms with E-state index in [1.54, 1.807) is 18.2 Å². The summed E-state index contributed by atoms with van der Waals surface area (Å²) in [5.41, 5.74) is 0.501. The molecule has 1 aromatic heterocycles. The number of methoxy groups -OCH3 is 1. The molecule has 7 heteroatoms. The molecule has 0 spiro atoms. The van der Waals surface area contributed by atoms with Crippen molar-refractivity contribution in [3.8, 4) is 10.6 Å².